The lowest BCUT2D eigenvalue weighted by Gasteiger charge is -2.07. The minimum atomic E-state index is -0.294. The zero-order valence-corrected chi connectivity index (χ0v) is 6.56. The first-order chi connectivity index (χ1) is 6.22. The molecule has 0 N–H and O–H groups in total. The van der Waals surface area contributed by atoms with E-state index in [1.54, 1.807) is 0 Å². The Morgan fingerprint density at radius 2 is 1.85 bits per heavy atom. The molecule has 66 valence electrons. The fourth-order valence-electron chi connectivity index (χ4n) is 1.00. The molecule has 0 aromatic heterocycles. The minimum absolute atomic E-state index is 0.0999. The summed E-state index contributed by atoms with van der Waals surface area (Å²) in [5.74, 6) is 0. The Labute approximate surface area is 72.9 Å². The second-order valence-electron chi connectivity index (χ2n) is 2.43. The van der Waals surface area contributed by atoms with Crippen LogP contribution in [0, 0.1) is 14.7 Å². The summed E-state index contributed by atoms with van der Waals surface area (Å²) in [7, 11) is 0. The second-order valence-corrected chi connectivity index (χ2v) is 2.43. The Morgan fingerprint density at radius 3 is 2.31 bits per heavy atom. The number of rotatable bonds is 3. The standard InChI is InChI=1S/C7H5N3O3/c1-4-2-5(8-11)7(10-13)6(3-4)9-12/h2H,1,3H2. The van der Waals surface area contributed by atoms with Gasteiger partial charge in [0.25, 0.3) is 0 Å². The smallest absolute Gasteiger partial charge is 0.145 e. The van der Waals surface area contributed by atoms with E-state index in [2.05, 4.69) is 22.1 Å². The summed E-state index contributed by atoms with van der Waals surface area (Å²) in [4.78, 5) is 30.6. The largest absolute Gasteiger partial charge is 0.162 e. The van der Waals surface area contributed by atoms with Gasteiger partial charge in [0.2, 0.25) is 0 Å². The average Bonchev–Trinajstić information content (AvgIpc) is 2.16. The summed E-state index contributed by atoms with van der Waals surface area (Å²) >= 11 is 0. The molecule has 6 heteroatoms. The minimum Gasteiger partial charge on any atom is -0.145 e. The van der Waals surface area contributed by atoms with E-state index in [4.69, 9.17) is 0 Å². The van der Waals surface area contributed by atoms with Gasteiger partial charge in [-0.3, -0.25) is 0 Å². The summed E-state index contributed by atoms with van der Waals surface area (Å²) in [5, 5.41) is 7.65. The van der Waals surface area contributed by atoms with Crippen LogP contribution in [0.5, 0.6) is 0 Å². The Kier molecular flexibility index (Phi) is 2.53. The highest BCUT2D eigenvalue weighted by molar-refractivity contribution is 5.44. The van der Waals surface area contributed by atoms with E-state index in [-0.39, 0.29) is 23.5 Å². The first kappa shape index (κ1) is 9.11. The van der Waals surface area contributed by atoms with Crippen molar-refractivity contribution in [2.45, 2.75) is 6.42 Å². The monoisotopic (exact) mass is 179 g/mol. The number of hydrogen-bond donors (Lipinski definition) is 0. The van der Waals surface area contributed by atoms with Crippen molar-refractivity contribution in [3.8, 4) is 0 Å². The van der Waals surface area contributed by atoms with E-state index in [9.17, 15) is 14.7 Å². The lowest BCUT2D eigenvalue weighted by molar-refractivity contribution is 1.000. The summed E-state index contributed by atoms with van der Waals surface area (Å²) in [5.41, 5.74) is -0.0908. The van der Waals surface area contributed by atoms with Crippen LogP contribution in [0.3, 0.4) is 0 Å². The molecule has 0 heterocycles. The predicted octanol–water partition coefficient (Wildman–Crippen LogP) is 2.34. The van der Waals surface area contributed by atoms with Crippen LogP contribution in [-0.4, -0.2) is 0 Å². The van der Waals surface area contributed by atoms with Crippen molar-refractivity contribution in [2.75, 3.05) is 0 Å². The molecule has 6 nitrogen and oxygen atoms in total. The number of hydrogen-bond acceptors (Lipinski definition) is 6. The Morgan fingerprint density at radius 1 is 1.15 bits per heavy atom. The van der Waals surface area contributed by atoms with Gasteiger partial charge in [-0.05, 0) is 27.2 Å². The highest BCUT2D eigenvalue weighted by Gasteiger charge is 2.20. The third-order valence-corrected chi connectivity index (χ3v) is 1.55. The molecule has 0 atom stereocenters. The van der Waals surface area contributed by atoms with Gasteiger partial charge in [-0.2, -0.15) is 0 Å². The zero-order valence-electron chi connectivity index (χ0n) is 6.56. The Balaban J connectivity index is 3.26. The van der Waals surface area contributed by atoms with Crippen LogP contribution in [0.4, 0.5) is 0 Å². The molecule has 0 amide bonds. The maximum Gasteiger partial charge on any atom is 0.162 e. The summed E-state index contributed by atoms with van der Waals surface area (Å²) in [6.07, 6.45) is 1.43. The lowest BCUT2D eigenvalue weighted by atomic mass is 10.0. The maximum absolute atomic E-state index is 10.2. The van der Waals surface area contributed by atoms with E-state index in [1.165, 1.54) is 6.08 Å². The van der Waals surface area contributed by atoms with Gasteiger partial charge in [0.1, 0.15) is 11.4 Å². The van der Waals surface area contributed by atoms with E-state index in [0.717, 1.165) is 0 Å². The molecular formula is C7H5N3O3. The molecule has 0 aromatic rings. The van der Waals surface area contributed by atoms with Gasteiger partial charge in [-0.15, -0.1) is 14.7 Å². The molecule has 0 saturated heterocycles. The van der Waals surface area contributed by atoms with Crippen molar-refractivity contribution in [3.05, 3.63) is 50.0 Å². The first-order valence-corrected chi connectivity index (χ1v) is 3.36. The van der Waals surface area contributed by atoms with Crippen molar-refractivity contribution in [1.29, 1.82) is 0 Å². The Bertz CT molecular complexity index is 354. The molecule has 0 unspecified atom stereocenters. The van der Waals surface area contributed by atoms with Gasteiger partial charge in [-0.25, -0.2) is 0 Å². The number of allylic oxidation sites excluding steroid dienone is 2. The van der Waals surface area contributed by atoms with Crippen LogP contribution < -0.4 is 0 Å². The zero-order chi connectivity index (χ0) is 9.84. The normalized spacial score (nSPS) is 16.6. The van der Waals surface area contributed by atoms with Gasteiger partial charge in [0, 0.05) is 6.42 Å². The fourth-order valence-corrected chi connectivity index (χ4v) is 1.00. The second kappa shape index (κ2) is 3.61. The van der Waals surface area contributed by atoms with Gasteiger partial charge >= 0.3 is 0 Å². The summed E-state index contributed by atoms with van der Waals surface area (Å²) in [6.45, 7) is 3.53. The van der Waals surface area contributed by atoms with E-state index < -0.39 is 0 Å². The molecule has 1 rings (SSSR count). The molecule has 0 bridgehead atoms. The molecule has 0 spiro atoms. The quantitative estimate of drug-likeness (QED) is 0.622. The summed E-state index contributed by atoms with van der Waals surface area (Å²) in [6, 6.07) is 0. The van der Waals surface area contributed by atoms with Gasteiger partial charge in [0.15, 0.2) is 5.70 Å². The van der Waals surface area contributed by atoms with E-state index in [1.807, 2.05) is 0 Å². The predicted molar refractivity (Wildman–Crippen MR) is 46.3 cm³/mol. The lowest BCUT2D eigenvalue weighted by Crippen LogP contribution is -1.97. The molecular weight excluding hydrogens is 174 g/mol. The van der Waals surface area contributed by atoms with Crippen molar-refractivity contribution >= 4 is 0 Å². The number of nitrogens with zero attached hydrogens (tertiary/aromatic N) is 3. The molecule has 0 aliphatic heterocycles. The highest BCUT2D eigenvalue weighted by atomic mass is 16.3. The van der Waals surface area contributed by atoms with E-state index in [0.29, 0.717) is 5.57 Å². The van der Waals surface area contributed by atoms with Crippen molar-refractivity contribution in [1.82, 2.24) is 0 Å². The van der Waals surface area contributed by atoms with Crippen LogP contribution in [-0.2, 0) is 0 Å². The van der Waals surface area contributed by atoms with Crippen LogP contribution in [0.15, 0.2) is 50.8 Å². The van der Waals surface area contributed by atoms with E-state index >= 15 is 0 Å². The van der Waals surface area contributed by atoms with Crippen molar-refractivity contribution < 1.29 is 0 Å². The number of nitroso groups, excluding NO2 is 3. The van der Waals surface area contributed by atoms with Crippen LogP contribution in [0.2, 0.25) is 0 Å². The molecule has 0 saturated carbocycles. The topological polar surface area (TPSA) is 88.3 Å². The van der Waals surface area contributed by atoms with Crippen LogP contribution in [0.1, 0.15) is 6.42 Å². The third kappa shape index (κ3) is 1.61. The molecule has 1 aliphatic carbocycles. The van der Waals surface area contributed by atoms with Crippen LogP contribution >= 0.6 is 0 Å². The van der Waals surface area contributed by atoms with Gasteiger partial charge < -0.3 is 0 Å². The molecule has 0 aromatic carbocycles. The average molecular weight is 179 g/mol. The Hall–Kier alpha value is -1.98. The first-order valence-electron chi connectivity index (χ1n) is 3.36. The third-order valence-electron chi connectivity index (χ3n) is 1.55. The maximum atomic E-state index is 10.2. The summed E-state index contributed by atoms with van der Waals surface area (Å²) < 4.78 is 0. The highest BCUT2D eigenvalue weighted by Crippen LogP contribution is 2.29. The molecule has 0 radical (unpaired) electrons. The molecule has 0 fully saturated rings. The SMILES string of the molecule is C=C1C=C(N=O)C(N=O)=C(N=O)C1. The van der Waals surface area contributed by atoms with Gasteiger partial charge in [-0.1, -0.05) is 6.58 Å². The van der Waals surface area contributed by atoms with Crippen molar-refractivity contribution in [2.24, 2.45) is 15.5 Å². The fraction of sp³-hybridized carbons (Fsp3) is 0.143. The van der Waals surface area contributed by atoms with Gasteiger partial charge in [0.05, 0.1) is 0 Å². The van der Waals surface area contributed by atoms with Crippen molar-refractivity contribution in [3.63, 3.8) is 0 Å². The molecule has 13 heavy (non-hydrogen) atoms. The molecule has 1 aliphatic rings. The van der Waals surface area contributed by atoms with Crippen LogP contribution in [0.25, 0.3) is 0 Å².